The highest BCUT2D eigenvalue weighted by atomic mass is 32.2. The van der Waals surface area contributed by atoms with Crippen LogP contribution in [0.5, 0.6) is 0 Å². The van der Waals surface area contributed by atoms with Gasteiger partial charge in [-0.15, -0.1) is 0 Å². The number of hydrogen-bond donors (Lipinski definition) is 1. The average Bonchev–Trinajstić information content (AvgIpc) is 2.49. The summed E-state index contributed by atoms with van der Waals surface area (Å²) in [5, 5.41) is 2.68. The van der Waals surface area contributed by atoms with Crippen LogP contribution in [-0.2, 0) is 14.6 Å². The number of rotatable bonds is 5. The molecular weight excluding hydrogens is 326 g/mol. The van der Waals surface area contributed by atoms with Crippen LogP contribution in [0.4, 0.5) is 8.78 Å². The van der Waals surface area contributed by atoms with Crippen molar-refractivity contribution in [3.8, 4) is 0 Å². The third kappa shape index (κ3) is 4.97. The van der Waals surface area contributed by atoms with Crippen molar-refractivity contribution in [2.75, 3.05) is 31.1 Å². The standard InChI is InChI=1S/C15H20F2N2O3S/c1-2-14(12-9-11(16)3-4-13(12)17)18-15(20)10-19-5-7-23(21,22)8-6-19/h3-4,9,14H,2,5-8,10H2,1H3,(H,18,20)/t14-/m1/s1. The monoisotopic (exact) mass is 346 g/mol. The first-order valence-corrected chi connectivity index (χ1v) is 9.30. The Morgan fingerprint density at radius 1 is 1.30 bits per heavy atom. The zero-order valence-corrected chi connectivity index (χ0v) is 13.7. The molecule has 1 saturated heterocycles. The molecule has 5 nitrogen and oxygen atoms in total. The number of hydrogen-bond acceptors (Lipinski definition) is 4. The highest BCUT2D eigenvalue weighted by Crippen LogP contribution is 2.21. The summed E-state index contributed by atoms with van der Waals surface area (Å²) in [5.41, 5.74) is 0.113. The summed E-state index contributed by atoms with van der Waals surface area (Å²) >= 11 is 0. The van der Waals surface area contributed by atoms with Crippen LogP contribution in [0.25, 0.3) is 0 Å². The predicted molar refractivity (Wildman–Crippen MR) is 82.6 cm³/mol. The Kier molecular flexibility index (Phi) is 5.69. The summed E-state index contributed by atoms with van der Waals surface area (Å²) in [4.78, 5) is 13.8. The van der Waals surface area contributed by atoms with Gasteiger partial charge in [-0.25, -0.2) is 17.2 Å². The fraction of sp³-hybridized carbons (Fsp3) is 0.533. The number of sulfone groups is 1. The van der Waals surface area contributed by atoms with E-state index in [-0.39, 0.29) is 29.5 Å². The molecule has 0 unspecified atom stereocenters. The van der Waals surface area contributed by atoms with Crippen LogP contribution in [0.1, 0.15) is 24.9 Å². The fourth-order valence-electron chi connectivity index (χ4n) is 2.53. The summed E-state index contributed by atoms with van der Waals surface area (Å²) in [5.74, 6) is -1.38. The van der Waals surface area contributed by atoms with Gasteiger partial charge in [0.25, 0.3) is 0 Å². The van der Waals surface area contributed by atoms with Crippen LogP contribution in [0.15, 0.2) is 18.2 Å². The van der Waals surface area contributed by atoms with Crippen LogP contribution in [0.2, 0.25) is 0 Å². The summed E-state index contributed by atoms with van der Waals surface area (Å²) in [6, 6.07) is 2.53. The average molecular weight is 346 g/mol. The van der Waals surface area contributed by atoms with Crippen molar-refractivity contribution in [3.63, 3.8) is 0 Å². The zero-order valence-electron chi connectivity index (χ0n) is 12.9. The van der Waals surface area contributed by atoms with E-state index in [0.717, 1.165) is 18.2 Å². The molecule has 0 aromatic heterocycles. The topological polar surface area (TPSA) is 66.5 Å². The molecule has 8 heteroatoms. The van der Waals surface area contributed by atoms with Gasteiger partial charge < -0.3 is 5.32 Å². The molecule has 0 aliphatic carbocycles. The van der Waals surface area contributed by atoms with E-state index in [9.17, 15) is 22.0 Å². The Bertz CT molecular complexity index is 665. The van der Waals surface area contributed by atoms with Crippen molar-refractivity contribution >= 4 is 15.7 Å². The van der Waals surface area contributed by atoms with E-state index in [4.69, 9.17) is 0 Å². The van der Waals surface area contributed by atoms with Crippen molar-refractivity contribution in [3.05, 3.63) is 35.4 Å². The van der Waals surface area contributed by atoms with Crippen LogP contribution in [-0.4, -0.2) is 50.4 Å². The second kappa shape index (κ2) is 7.35. The third-order valence-corrected chi connectivity index (χ3v) is 5.49. The minimum absolute atomic E-state index is 0.0377. The molecular formula is C15H20F2N2O3S. The smallest absolute Gasteiger partial charge is 0.234 e. The van der Waals surface area contributed by atoms with E-state index in [1.807, 2.05) is 0 Å². The molecule has 1 amide bonds. The summed E-state index contributed by atoms with van der Waals surface area (Å²) in [6.07, 6.45) is 0.417. The Balaban J connectivity index is 1.96. The second-order valence-corrected chi connectivity index (χ2v) is 7.93. The first-order valence-electron chi connectivity index (χ1n) is 7.48. The lowest BCUT2D eigenvalue weighted by Crippen LogP contribution is -2.46. The number of halogens is 2. The van der Waals surface area contributed by atoms with Crippen LogP contribution in [0, 0.1) is 11.6 Å². The summed E-state index contributed by atoms with van der Waals surface area (Å²) < 4.78 is 49.8. The van der Waals surface area contributed by atoms with Gasteiger partial charge in [-0.05, 0) is 24.6 Å². The predicted octanol–water partition coefficient (Wildman–Crippen LogP) is 1.26. The maximum Gasteiger partial charge on any atom is 0.234 e. The molecule has 0 spiro atoms. The number of nitrogens with one attached hydrogen (secondary N) is 1. The van der Waals surface area contributed by atoms with Gasteiger partial charge in [0.05, 0.1) is 24.1 Å². The number of benzene rings is 1. The molecule has 0 radical (unpaired) electrons. The van der Waals surface area contributed by atoms with E-state index < -0.39 is 27.5 Å². The van der Waals surface area contributed by atoms with Gasteiger partial charge in [-0.1, -0.05) is 6.92 Å². The van der Waals surface area contributed by atoms with Crippen molar-refractivity contribution in [1.29, 1.82) is 0 Å². The number of amides is 1. The van der Waals surface area contributed by atoms with Crippen LogP contribution < -0.4 is 5.32 Å². The Labute approximate surface area is 134 Å². The number of nitrogens with zero attached hydrogens (tertiary/aromatic N) is 1. The largest absolute Gasteiger partial charge is 0.348 e. The van der Waals surface area contributed by atoms with E-state index in [1.54, 1.807) is 11.8 Å². The molecule has 1 aliphatic rings. The lowest BCUT2D eigenvalue weighted by atomic mass is 10.0. The molecule has 2 rings (SSSR count). The van der Waals surface area contributed by atoms with Crippen LogP contribution in [0.3, 0.4) is 0 Å². The quantitative estimate of drug-likeness (QED) is 0.872. The molecule has 1 atom stereocenters. The molecule has 0 bridgehead atoms. The zero-order chi connectivity index (χ0) is 17.0. The Hall–Kier alpha value is -1.54. The fourth-order valence-corrected chi connectivity index (χ4v) is 3.81. The number of carbonyl (C=O) groups is 1. The minimum Gasteiger partial charge on any atom is -0.348 e. The van der Waals surface area contributed by atoms with Crippen molar-refractivity contribution < 1.29 is 22.0 Å². The van der Waals surface area contributed by atoms with Gasteiger partial charge in [0.1, 0.15) is 11.6 Å². The lowest BCUT2D eigenvalue weighted by molar-refractivity contribution is -0.123. The van der Waals surface area contributed by atoms with Crippen LogP contribution >= 0.6 is 0 Å². The van der Waals surface area contributed by atoms with Gasteiger partial charge in [-0.2, -0.15) is 0 Å². The van der Waals surface area contributed by atoms with Gasteiger partial charge in [0, 0.05) is 18.7 Å². The molecule has 0 saturated carbocycles. The van der Waals surface area contributed by atoms with Crippen molar-refractivity contribution in [2.45, 2.75) is 19.4 Å². The lowest BCUT2D eigenvalue weighted by Gasteiger charge is -2.27. The normalized spacial score (nSPS) is 19.3. The molecule has 1 fully saturated rings. The first-order chi connectivity index (χ1) is 10.8. The van der Waals surface area contributed by atoms with Gasteiger partial charge in [0.2, 0.25) is 5.91 Å². The maximum atomic E-state index is 13.8. The molecule has 1 heterocycles. The Morgan fingerprint density at radius 2 is 1.96 bits per heavy atom. The van der Waals surface area contributed by atoms with Crippen molar-refractivity contribution in [2.24, 2.45) is 0 Å². The molecule has 1 aromatic carbocycles. The van der Waals surface area contributed by atoms with E-state index in [0.29, 0.717) is 19.5 Å². The molecule has 1 aromatic rings. The van der Waals surface area contributed by atoms with E-state index >= 15 is 0 Å². The summed E-state index contributed by atoms with van der Waals surface area (Å²) in [6.45, 7) is 2.42. The maximum absolute atomic E-state index is 13.8. The second-order valence-electron chi connectivity index (χ2n) is 5.62. The molecule has 1 aliphatic heterocycles. The number of carbonyl (C=O) groups excluding carboxylic acids is 1. The molecule has 128 valence electrons. The van der Waals surface area contributed by atoms with E-state index in [2.05, 4.69) is 5.32 Å². The van der Waals surface area contributed by atoms with E-state index in [1.165, 1.54) is 0 Å². The minimum atomic E-state index is -3.00. The van der Waals surface area contributed by atoms with Gasteiger partial charge >= 0.3 is 0 Å². The Morgan fingerprint density at radius 3 is 2.57 bits per heavy atom. The van der Waals surface area contributed by atoms with Crippen molar-refractivity contribution in [1.82, 2.24) is 10.2 Å². The highest BCUT2D eigenvalue weighted by molar-refractivity contribution is 7.91. The molecule has 23 heavy (non-hydrogen) atoms. The highest BCUT2D eigenvalue weighted by Gasteiger charge is 2.24. The first kappa shape index (κ1) is 17.8. The SMILES string of the molecule is CC[C@@H](NC(=O)CN1CCS(=O)(=O)CC1)c1cc(F)ccc1F. The summed E-state index contributed by atoms with van der Waals surface area (Å²) in [7, 11) is -3.00. The third-order valence-electron chi connectivity index (χ3n) is 3.88. The van der Waals surface area contributed by atoms with Gasteiger partial charge in [-0.3, -0.25) is 9.69 Å². The van der Waals surface area contributed by atoms with Gasteiger partial charge in [0.15, 0.2) is 9.84 Å². The molecule has 1 N–H and O–H groups in total.